The average Bonchev–Trinajstić information content (AvgIpc) is 3.38. The molecule has 8 nitrogen and oxygen atoms in total. The van der Waals surface area contributed by atoms with Crippen molar-refractivity contribution in [1.82, 2.24) is 15.1 Å². The second-order valence-corrected chi connectivity index (χ2v) is 9.30. The van der Waals surface area contributed by atoms with Crippen LogP contribution in [0.25, 0.3) is 11.1 Å². The van der Waals surface area contributed by atoms with Crippen molar-refractivity contribution < 1.29 is 19.1 Å². The third-order valence-corrected chi connectivity index (χ3v) is 7.01. The van der Waals surface area contributed by atoms with Crippen LogP contribution in [0.1, 0.15) is 25.7 Å². The molecule has 0 bridgehead atoms. The molecule has 34 heavy (non-hydrogen) atoms. The van der Waals surface area contributed by atoms with E-state index in [4.69, 9.17) is 9.47 Å². The van der Waals surface area contributed by atoms with Crippen LogP contribution in [-0.2, 0) is 4.79 Å². The minimum absolute atomic E-state index is 0.000736. The number of benzene rings is 2. The lowest BCUT2D eigenvalue weighted by Crippen LogP contribution is -2.60. The van der Waals surface area contributed by atoms with Crippen molar-refractivity contribution >= 4 is 17.6 Å². The number of nitrogens with zero attached hydrogens (tertiary/aromatic N) is 2. The number of amides is 3. The lowest BCUT2D eigenvalue weighted by Gasteiger charge is -2.40. The predicted octanol–water partition coefficient (Wildman–Crippen LogP) is 3.33. The van der Waals surface area contributed by atoms with Crippen LogP contribution in [0, 0.1) is 0 Å². The zero-order valence-corrected chi connectivity index (χ0v) is 19.6. The molecule has 2 aromatic carbocycles. The monoisotopic (exact) mass is 464 g/mol. The maximum Gasteiger partial charge on any atom is 0.317 e. The number of hydrogen-bond donors (Lipinski definition) is 2. The predicted molar refractivity (Wildman–Crippen MR) is 130 cm³/mol. The van der Waals surface area contributed by atoms with Crippen molar-refractivity contribution in [3.05, 3.63) is 42.5 Å². The number of anilines is 1. The zero-order chi connectivity index (χ0) is 23.5. The number of carbonyl (C=O) groups excluding carboxylic acids is 2. The van der Waals surface area contributed by atoms with Crippen molar-refractivity contribution in [3.8, 4) is 22.6 Å². The highest BCUT2D eigenvalue weighted by Crippen LogP contribution is 2.33. The van der Waals surface area contributed by atoms with Gasteiger partial charge < -0.3 is 25.0 Å². The van der Waals surface area contributed by atoms with Crippen molar-refractivity contribution in [2.24, 2.45) is 0 Å². The van der Waals surface area contributed by atoms with Gasteiger partial charge in [-0.1, -0.05) is 31.0 Å². The van der Waals surface area contributed by atoms with E-state index in [1.54, 1.807) is 7.11 Å². The number of piperazine rings is 1. The Bertz CT molecular complexity index is 1050. The van der Waals surface area contributed by atoms with Crippen LogP contribution in [-0.4, -0.2) is 73.7 Å². The van der Waals surface area contributed by atoms with Gasteiger partial charge in [0.15, 0.2) is 0 Å². The first-order valence-corrected chi connectivity index (χ1v) is 12.1. The molecule has 2 aromatic rings. The first-order chi connectivity index (χ1) is 16.6. The molecule has 2 heterocycles. The Morgan fingerprint density at radius 1 is 1.12 bits per heavy atom. The highest BCUT2D eigenvalue weighted by molar-refractivity contribution is 5.94. The van der Waals surface area contributed by atoms with E-state index in [9.17, 15) is 9.59 Å². The largest absolute Gasteiger partial charge is 0.497 e. The van der Waals surface area contributed by atoms with E-state index in [1.165, 1.54) is 12.8 Å². The molecule has 0 aromatic heterocycles. The summed E-state index contributed by atoms with van der Waals surface area (Å²) in [6.07, 6.45) is 4.49. The van der Waals surface area contributed by atoms with Crippen molar-refractivity contribution in [2.45, 2.75) is 37.8 Å². The number of carbonyl (C=O) groups is 2. The lowest BCUT2D eigenvalue weighted by molar-refractivity contribution is -0.118. The molecule has 0 spiro atoms. The Kier molecular flexibility index (Phi) is 6.58. The zero-order valence-electron chi connectivity index (χ0n) is 19.6. The summed E-state index contributed by atoms with van der Waals surface area (Å²) in [6, 6.07) is 13.9. The molecule has 2 N–H and O–H groups in total. The number of methoxy groups -OCH3 is 1. The Labute approximate surface area is 200 Å². The average molecular weight is 465 g/mol. The Morgan fingerprint density at radius 2 is 1.94 bits per heavy atom. The van der Waals surface area contributed by atoms with Gasteiger partial charge in [0.25, 0.3) is 0 Å². The lowest BCUT2D eigenvalue weighted by atomic mass is 10.0. The van der Waals surface area contributed by atoms with E-state index in [2.05, 4.69) is 15.5 Å². The molecule has 0 unspecified atom stereocenters. The molecule has 1 saturated carbocycles. The highest BCUT2D eigenvalue weighted by atomic mass is 16.5. The molecule has 0 radical (unpaired) electrons. The van der Waals surface area contributed by atoms with Crippen LogP contribution in [0.15, 0.2) is 42.5 Å². The molecule has 180 valence electrons. The van der Waals surface area contributed by atoms with Gasteiger partial charge in [-0.25, -0.2) is 4.79 Å². The summed E-state index contributed by atoms with van der Waals surface area (Å²) in [7, 11) is 1.64. The fourth-order valence-corrected chi connectivity index (χ4v) is 5.08. The summed E-state index contributed by atoms with van der Waals surface area (Å²) in [5.74, 6) is 1.33. The van der Waals surface area contributed by atoms with Gasteiger partial charge in [-0.05, 0) is 48.2 Å². The van der Waals surface area contributed by atoms with Gasteiger partial charge in [0.1, 0.15) is 18.1 Å². The van der Waals surface area contributed by atoms with Crippen molar-refractivity contribution in [2.75, 3.05) is 45.2 Å². The van der Waals surface area contributed by atoms with Gasteiger partial charge in [0.2, 0.25) is 5.91 Å². The summed E-state index contributed by atoms with van der Waals surface area (Å²) in [5.41, 5.74) is 2.62. The topological polar surface area (TPSA) is 83.1 Å². The molecule has 2 aliphatic heterocycles. The van der Waals surface area contributed by atoms with Crippen molar-refractivity contribution in [1.29, 1.82) is 0 Å². The number of ether oxygens (including phenoxy) is 2. The molecule has 3 aliphatic rings. The number of hydrogen-bond acceptors (Lipinski definition) is 5. The van der Waals surface area contributed by atoms with Gasteiger partial charge >= 0.3 is 6.03 Å². The maximum atomic E-state index is 12.9. The van der Waals surface area contributed by atoms with Gasteiger partial charge in [0, 0.05) is 25.7 Å². The van der Waals surface area contributed by atoms with E-state index >= 15 is 0 Å². The number of fused-ring (bicyclic) bond motifs is 2. The highest BCUT2D eigenvalue weighted by Gasteiger charge is 2.33. The molecule has 1 aliphatic carbocycles. The molecule has 3 amide bonds. The van der Waals surface area contributed by atoms with Crippen LogP contribution < -0.4 is 20.1 Å². The van der Waals surface area contributed by atoms with E-state index in [-0.39, 0.29) is 24.5 Å². The Hall–Kier alpha value is -3.26. The SMILES string of the molecule is COc1cccc(-c2ccc3c(c2)NC(=O)CN2CCN(C(=O)NC4CCCC4)C[C@@H]2CO3)c1. The Morgan fingerprint density at radius 3 is 2.76 bits per heavy atom. The van der Waals surface area contributed by atoms with Crippen LogP contribution in [0.2, 0.25) is 0 Å². The minimum Gasteiger partial charge on any atom is -0.497 e. The molecule has 1 saturated heterocycles. The van der Waals surface area contributed by atoms with Gasteiger partial charge in [-0.3, -0.25) is 9.69 Å². The van der Waals surface area contributed by atoms with Gasteiger partial charge in [-0.2, -0.15) is 0 Å². The molecule has 5 rings (SSSR count). The minimum atomic E-state index is -0.0802. The number of nitrogens with one attached hydrogen (secondary N) is 2. The first kappa shape index (κ1) is 22.5. The normalized spacial score (nSPS) is 21.3. The second-order valence-electron chi connectivity index (χ2n) is 9.30. The second kappa shape index (κ2) is 9.93. The van der Waals surface area contributed by atoms with Crippen molar-refractivity contribution in [3.63, 3.8) is 0 Å². The van der Waals surface area contributed by atoms with Crippen LogP contribution >= 0.6 is 0 Å². The fourth-order valence-electron chi connectivity index (χ4n) is 5.08. The van der Waals surface area contributed by atoms with Crippen LogP contribution in [0.3, 0.4) is 0 Å². The van der Waals surface area contributed by atoms with Crippen LogP contribution in [0.5, 0.6) is 11.5 Å². The summed E-state index contributed by atoms with van der Waals surface area (Å²) in [5, 5.41) is 6.20. The quantitative estimate of drug-likeness (QED) is 0.728. The maximum absolute atomic E-state index is 12.9. The Balaban J connectivity index is 1.31. The molecular weight excluding hydrogens is 432 g/mol. The van der Waals surface area contributed by atoms with E-state index in [0.29, 0.717) is 43.7 Å². The van der Waals surface area contributed by atoms with Gasteiger partial charge in [-0.15, -0.1) is 0 Å². The van der Waals surface area contributed by atoms with Crippen LogP contribution in [0.4, 0.5) is 10.5 Å². The van der Waals surface area contributed by atoms with Gasteiger partial charge in [0.05, 0.1) is 25.4 Å². The third-order valence-electron chi connectivity index (χ3n) is 7.01. The summed E-state index contributed by atoms with van der Waals surface area (Å²) >= 11 is 0. The van der Waals surface area contributed by atoms with E-state index in [0.717, 1.165) is 29.7 Å². The summed E-state index contributed by atoms with van der Waals surface area (Å²) in [4.78, 5) is 29.7. The molecule has 2 fully saturated rings. The molecule has 8 heteroatoms. The number of urea groups is 1. The standard InChI is InChI=1S/C26H32N4O4/c1-33-22-8-4-5-18(13-22)19-9-10-24-23(14-19)28-25(31)16-29-11-12-30(15-21(29)17-34-24)26(32)27-20-6-2-3-7-20/h4-5,8-10,13-14,20-21H,2-3,6-7,11-12,15-17H2,1H3,(H,27,32)(H,28,31)/t21-/m1/s1. The summed E-state index contributed by atoms with van der Waals surface area (Å²) in [6.45, 7) is 2.48. The first-order valence-electron chi connectivity index (χ1n) is 12.1. The summed E-state index contributed by atoms with van der Waals surface area (Å²) < 4.78 is 11.5. The molecular formula is C26H32N4O4. The third kappa shape index (κ3) is 4.97. The smallest absolute Gasteiger partial charge is 0.317 e. The van der Waals surface area contributed by atoms with E-state index in [1.807, 2.05) is 47.4 Å². The molecule has 1 atom stereocenters. The van der Waals surface area contributed by atoms with E-state index < -0.39 is 0 Å². The fraction of sp³-hybridized carbons (Fsp3) is 0.462. The number of rotatable bonds is 3.